The van der Waals surface area contributed by atoms with Crippen LogP contribution in [0.25, 0.3) is 0 Å². The molecule has 0 saturated heterocycles. The van der Waals surface area contributed by atoms with Gasteiger partial charge in [-0.25, -0.2) is 0 Å². The minimum absolute atomic E-state index is 0.279. The smallest absolute Gasteiger partial charge is 0.309 e. The van der Waals surface area contributed by atoms with Crippen LogP contribution in [0.5, 0.6) is 0 Å². The molecule has 1 fully saturated rings. The second-order valence-electron chi connectivity index (χ2n) is 6.93. The lowest BCUT2D eigenvalue weighted by Gasteiger charge is -2.46. The molecule has 0 radical (unpaired) electrons. The van der Waals surface area contributed by atoms with Crippen LogP contribution in [-0.4, -0.2) is 23.7 Å². The summed E-state index contributed by atoms with van der Waals surface area (Å²) in [5, 5.41) is 12.6. The zero-order valence-electron chi connectivity index (χ0n) is 12.6. The number of rotatable bonds is 6. The number of benzene rings is 1. The lowest BCUT2D eigenvalue weighted by atomic mass is 9.63. The molecule has 1 aromatic carbocycles. The summed E-state index contributed by atoms with van der Waals surface area (Å²) in [7, 11) is 0. The molecule has 0 bridgehead atoms. The van der Waals surface area contributed by atoms with Crippen molar-refractivity contribution in [3.63, 3.8) is 0 Å². The number of hydrogen-bond acceptors (Lipinski definition) is 2. The highest BCUT2D eigenvalue weighted by Crippen LogP contribution is 2.43. The van der Waals surface area contributed by atoms with Crippen molar-refractivity contribution in [1.82, 2.24) is 5.32 Å². The Bertz CT molecular complexity index is 461. The maximum Gasteiger partial charge on any atom is 0.309 e. The molecule has 1 aliphatic rings. The molecule has 110 valence electrons. The lowest BCUT2D eigenvalue weighted by molar-refractivity contribution is -0.147. The third-order valence-corrected chi connectivity index (χ3v) is 4.63. The first-order valence-corrected chi connectivity index (χ1v) is 7.36. The summed E-state index contributed by atoms with van der Waals surface area (Å²) in [5.74, 6) is -0.720. The van der Waals surface area contributed by atoms with Gasteiger partial charge < -0.3 is 10.4 Å². The van der Waals surface area contributed by atoms with E-state index in [4.69, 9.17) is 5.11 Å². The summed E-state index contributed by atoms with van der Waals surface area (Å²) in [4.78, 5) is 11.0. The predicted octanol–water partition coefficient (Wildman–Crippen LogP) is 3.20. The third kappa shape index (κ3) is 3.21. The average molecular weight is 275 g/mol. The minimum Gasteiger partial charge on any atom is -0.481 e. The van der Waals surface area contributed by atoms with E-state index in [2.05, 4.69) is 42.6 Å². The van der Waals surface area contributed by atoms with Crippen LogP contribution in [0.3, 0.4) is 0 Å². The van der Waals surface area contributed by atoms with Crippen molar-refractivity contribution in [2.45, 2.75) is 51.5 Å². The number of carboxylic acid groups (broad SMARTS) is 1. The van der Waals surface area contributed by atoms with Gasteiger partial charge in [0.05, 0.1) is 5.41 Å². The number of hydrogen-bond donors (Lipinski definition) is 2. The summed E-state index contributed by atoms with van der Waals surface area (Å²) in [6.45, 7) is 6.65. The fraction of sp³-hybridized carbons (Fsp3) is 0.588. The van der Waals surface area contributed by atoms with E-state index in [0.717, 1.165) is 19.4 Å². The van der Waals surface area contributed by atoms with Gasteiger partial charge >= 0.3 is 5.97 Å². The van der Waals surface area contributed by atoms with Gasteiger partial charge in [0.1, 0.15) is 0 Å². The highest BCUT2D eigenvalue weighted by atomic mass is 16.4. The van der Waals surface area contributed by atoms with E-state index < -0.39 is 11.4 Å². The van der Waals surface area contributed by atoms with Gasteiger partial charge in [-0.05, 0) is 50.6 Å². The fourth-order valence-electron chi connectivity index (χ4n) is 2.94. The average Bonchev–Trinajstić information content (AvgIpc) is 2.37. The second kappa shape index (κ2) is 5.57. The lowest BCUT2D eigenvalue weighted by Crippen LogP contribution is -2.50. The van der Waals surface area contributed by atoms with Crippen LogP contribution in [0.1, 0.15) is 45.6 Å². The van der Waals surface area contributed by atoms with Crippen LogP contribution in [0.2, 0.25) is 0 Å². The molecule has 2 rings (SSSR count). The van der Waals surface area contributed by atoms with E-state index in [0.29, 0.717) is 12.5 Å². The number of carboxylic acids is 1. The van der Waals surface area contributed by atoms with E-state index in [1.807, 2.05) is 0 Å². The Labute approximate surface area is 121 Å². The molecule has 20 heavy (non-hydrogen) atoms. The molecule has 3 heteroatoms. The summed E-state index contributed by atoms with van der Waals surface area (Å²) in [5.41, 5.74) is 1.05. The molecule has 0 heterocycles. The van der Waals surface area contributed by atoms with Gasteiger partial charge in [-0.1, -0.05) is 37.3 Å². The van der Waals surface area contributed by atoms with Crippen LogP contribution in [0.4, 0.5) is 0 Å². The zero-order valence-corrected chi connectivity index (χ0v) is 12.6. The first kappa shape index (κ1) is 15.0. The molecular formula is C17H25NO2. The van der Waals surface area contributed by atoms with Crippen molar-refractivity contribution in [2.24, 2.45) is 5.41 Å². The first-order valence-electron chi connectivity index (χ1n) is 7.36. The Balaban J connectivity index is 1.76. The first-order chi connectivity index (χ1) is 9.33. The van der Waals surface area contributed by atoms with Gasteiger partial charge in [-0.15, -0.1) is 0 Å². The van der Waals surface area contributed by atoms with Gasteiger partial charge in [-0.3, -0.25) is 4.79 Å². The molecule has 1 aliphatic carbocycles. The predicted molar refractivity (Wildman–Crippen MR) is 80.9 cm³/mol. The largest absolute Gasteiger partial charge is 0.481 e. The molecule has 0 spiro atoms. The molecular weight excluding hydrogens is 250 g/mol. The Morgan fingerprint density at radius 2 is 1.95 bits per heavy atom. The van der Waals surface area contributed by atoms with Gasteiger partial charge in [0, 0.05) is 6.04 Å². The number of carbonyl (C=O) groups is 1. The second-order valence-corrected chi connectivity index (χ2v) is 6.93. The van der Waals surface area contributed by atoms with Gasteiger partial charge in [0.15, 0.2) is 0 Å². The van der Waals surface area contributed by atoms with Crippen molar-refractivity contribution < 1.29 is 9.90 Å². The Hall–Kier alpha value is -1.35. The van der Waals surface area contributed by atoms with Gasteiger partial charge in [0.2, 0.25) is 0 Å². The normalized spacial score (nSPS) is 26.1. The minimum atomic E-state index is -0.720. The van der Waals surface area contributed by atoms with Crippen LogP contribution >= 0.6 is 0 Å². The van der Waals surface area contributed by atoms with Gasteiger partial charge in [0.25, 0.3) is 0 Å². The maximum absolute atomic E-state index is 11.0. The zero-order chi connectivity index (χ0) is 14.8. The molecule has 2 N–H and O–H groups in total. The van der Waals surface area contributed by atoms with E-state index in [-0.39, 0.29) is 5.41 Å². The molecule has 3 nitrogen and oxygen atoms in total. The molecule has 0 aliphatic heterocycles. The number of nitrogens with one attached hydrogen (secondary N) is 1. The van der Waals surface area contributed by atoms with E-state index in [9.17, 15) is 4.79 Å². The topological polar surface area (TPSA) is 49.3 Å². The van der Waals surface area contributed by atoms with Crippen molar-refractivity contribution in [3.05, 3.63) is 35.9 Å². The van der Waals surface area contributed by atoms with Crippen LogP contribution in [0.15, 0.2) is 30.3 Å². The quantitative estimate of drug-likeness (QED) is 0.838. The number of aliphatic carboxylic acids is 1. The summed E-state index contributed by atoms with van der Waals surface area (Å²) in [6, 6.07) is 11.2. The molecule has 0 unspecified atom stereocenters. The molecule has 0 aromatic heterocycles. The molecule has 0 amide bonds. The van der Waals surface area contributed by atoms with Crippen molar-refractivity contribution in [2.75, 3.05) is 6.54 Å². The van der Waals surface area contributed by atoms with Crippen LogP contribution < -0.4 is 5.32 Å². The Kier molecular flexibility index (Phi) is 4.19. The molecule has 1 aromatic rings. The summed E-state index contributed by atoms with van der Waals surface area (Å²) < 4.78 is 0. The van der Waals surface area contributed by atoms with E-state index in [1.54, 1.807) is 13.8 Å². The van der Waals surface area contributed by atoms with Crippen molar-refractivity contribution in [3.8, 4) is 0 Å². The van der Waals surface area contributed by atoms with Crippen molar-refractivity contribution >= 4 is 5.97 Å². The van der Waals surface area contributed by atoms with Crippen LogP contribution in [-0.2, 0) is 10.2 Å². The van der Waals surface area contributed by atoms with Crippen LogP contribution in [0, 0.1) is 5.41 Å². The standard InChI is InChI=1S/C17H25NO2/c1-16(2,15(19)20)9-10-18-14-11-17(3,12-14)13-7-5-4-6-8-13/h4-8,14,18H,9-12H2,1-3H3,(H,19,20). The fourth-order valence-corrected chi connectivity index (χ4v) is 2.94. The van der Waals surface area contributed by atoms with E-state index >= 15 is 0 Å². The van der Waals surface area contributed by atoms with E-state index in [1.165, 1.54) is 5.56 Å². The highest BCUT2D eigenvalue weighted by molar-refractivity contribution is 5.73. The summed E-state index contributed by atoms with van der Waals surface area (Å²) in [6.07, 6.45) is 2.93. The SMILES string of the molecule is CC(C)(CCNC1CC(C)(c2ccccc2)C1)C(=O)O. The molecule has 1 saturated carbocycles. The Morgan fingerprint density at radius 1 is 1.35 bits per heavy atom. The Morgan fingerprint density at radius 3 is 2.50 bits per heavy atom. The van der Waals surface area contributed by atoms with Crippen molar-refractivity contribution in [1.29, 1.82) is 0 Å². The third-order valence-electron chi connectivity index (χ3n) is 4.63. The molecule has 0 atom stereocenters. The highest BCUT2D eigenvalue weighted by Gasteiger charge is 2.41. The maximum atomic E-state index is 11.0. The summed E-state index contributed by atoms with van der Waals surface area (Å²) >= 11 is 0. The monoisotopic (exact) mass is 275 g/mol. The van der Waals surface area contributed by atoms with Gasteiger partial charge in [-0.2, -0.15) is 0 Å².